The lowest BCUT2D eigenvalue weighted by Crippen LogP contribution is -2.30. The van der Waals surface area contributed by atoms with E-state index in [1.54, 1.807) is 0 Å². The molecular formula is C27H31FN6O8. The van der Waals surface area contributed by atoms with Gasteiger partial charge in [0.15, 0.2) is 24.8 Å². The number of hydrogen-bond donors (Lipinski definition) is 4. The van der Waals surface area contributed by atoms with Crippen molar-refractivity contribution in [1.29, 1.82) is 0 Å². The van der Waals surface area contributed by atoms with Crippen molar-refractivity contribution in [3.8, 4) is 11.6 Å². The average Bonchev–Trinajstić information content (AvgIpc) is 3.54. The molecule has 42 heavy (non-hydrogen) atoms. The van der Waals surface area contributed by atoms with Gasteiger partial charge >= 0.3 is 6.09 Å². The number of aromatic nitrogens is 2. The minimum Gasteiger partial charge on any atom is -0.484 e. The molecule has 4 aliphatic rings. The first kappa shape index (κ1) is 29.0. The fourth-order valence-corrected chi connectivity index (χ4v) is 5.04. The molecule has 2 unspecified atom stereocenters. The summed E-state index contributed by atoms with van der Waals surface area (Å²) in [5.74, 6) is 0.437. The van der Waals surface area contributed by atoms with E-state index in [0.29, 0.717) is 50.2 Å². The zero-order chi connectivity index (χ0) is 29.6. The van der Waals surface area contributed by atoms with Gasteiger partial charge in [-0.25, -0.2) is 19.2 Å². The van der Waals surface area contributed by atoms with Crippen molar-refractivity contribution >= 4 is 36.0 Å². The SMILES string of the molecule is O=C1COc2ncc(N3CC(CCNCC4Cc5cc(OCC(=O)NC6CC6)cc(F)c5C4)OC3=O)nc2N1.O=CO. The van der Waals surface area contributed by atoms with Crippen molar-refractivity contribution in [3.63, 3.8) is 0 Å². The second kappa shape index (κ2) is 13.0. The Bertz CT molecular complexity index is 1360. The molecule has 0 bridgehead atoms. The molecule has 2 aromatic rings. The van der Waals surface area contributed by atoms with Crippen molar-refractivity contribution < 1.29 is 42.9 Å². The second-order valence-corrected chi connectivity index (χ2v) is 10.4. The van der Waals surface area contributed by atoms with Crippen LogP contribution in [0.4, 0.5) is 20.8 Å². The molecule has 3 heterocycles. The van der Waals surface area contributed by atoms with E-state index >= 15 is 0 Å². The number of carbonyl (C=O) groups excluding carboxylic acids is 3. The second-order valence-electron chi connectivity index (χ2n) is 10.4. The van der Waals surface area contributed by atoms with Crippen molar-refractivity contribution in [2.45, 2.75) is 44.2 Å². The average molecular weight is 587 g/mol. The maximum atomic E-state index is 14.7. The van der Waals surface area contributed by atoms with Crippen molar-refractivity contribution in [2.75, 3.05) is 43.1 Å². The molecule has 6 rings (SSSR count). The maximum Gasteiger partial charge on any atom is 0.415 e. The van der Waals surface area contributed by atoms with E-state index in [9.17, 15) is 18.8 Å². The van der Waals surface area contributed by atoms with Crippen LogP contribution in [0.1, 0.15) is 30.4 Å². The maximum absolute atomic E-state index is 14.7. The van der Waals surface area contributed by atoms with Gasteiger partial charge in [-0.05, 0) is 68.3 Å². The first-order valence-electron chi connectivity index (χ1n) is 13.6. The molecule has 2 fully saturated rings. The van der Waals surface area contributed by atoms with E-state index in [4.69, 9.17) is 24.1 Å². The van der Waals surface area contributed by atoms with Gasteiger partial charge in [-0.3, -0.25) is 19.3 Å². The Morgan fingerprint density at radius 1 is 1.29 bits per heavy atom. The summed E-state index contributed by atoms with van der Waals surface area (Å²) >= 11 is 0. The molecule has 15 heteroatoms. The van der Waals surface area contributed by atoms with Gasteiger partial charge in [0.05, 0.1) is 12.7 Å². The zero-order valence-corrected chi connectivity index (χ0v) is 22.6. The largest absolute Gasteiger partial charge is 0.484 e. The smallest absolute Gasteiger partial charge is 0.415 e. The lowest BCUT2D eigenvalue weighted by molar-refractivity contribution is -0.123. The monoisotopic (exact) mass is 586 g/mol. The summed E-state index contributed by atoms with van der Waals surface area (Å²) in [6.07, 6.45) is 4.49. The molecule has 1 saturated heterocycles. The normalized spacial score (nSPS) is 20.3. The Kier molecular flexibility index (Phi) is 8.95. The summed E-state index contributed by atoms with van der Waals surface area (Å²) in [4.78, 5) is 53.9. The van der Waals surface area contributed by atoms with Gasteiger partial charge in [-0.1, -0.05) is 0 Å². The number of nitrogens with zero attached hydrogens (tertiary/aromatic N) is 3. The highest BCUT2D eigenvalue weighted by molar-refractivity contribution is 5.94. The van der Waals surface area contributed by atoms with E-state index in [0.717, 1.165) is 18.4 Å². The van der Waals surface area contributed by atoms with Crippen LogP contribution >= 0.6 is 0 Å². The number of nitrogens with one attached hydrogen (secondary N) is 3. The van der Waals surface area contributed by atoms with E-state index in [1.165, 1.54) is 17.2 Å². The third-order valence-electron chi connectivity index (χ3n) is 7.13. The summed E-state index contributed by atoms with van der Waals surface area (Å²) in [7, 11) is 0. The van der Waals surface area contributed by atoms with Crippen LogP contribution in [0.15, 0.2) is 18.3 Å². The first-order chi connectivity index (χ1) is 20.3. The van der Waals surface area contributed by atoms with Gasteiger partial charge in [0.25, 0.3) is 24.2 Å². The highest BCUT2D eigenvalue weighted by atomic mass is 19.1. The number of fused-ring (bicyclic) bond motifs is 2. The first-order valence-corrected chi connectivity index (χ1v) is 13.6. The molecule has 1 aromatic carbocycles. The van der Waals surface area contributed by atoms with Gasteiger partial charge in [-0.15, -0.1) is 0 Å². The van der Waals surface area contributed by atoms with E-state index in [1.807, 2.05) is 6.07 Å². The van der Waals surface area contributed by atoms with Gasteiger partial charge < -0.3 is 35.3 Å². The molecule has 0 radical (unpaired) electrons. The summed E-state index contributed by atoms with van der Waals surface area (Å²) < 4.78 is 30.9. The predicted octanol–water partition coefficient (Wildman–Crippen LogP) is 1.02. The molecule has 2 aliphatic carbocycles. The van der Waals surface area contributed by atoms with Crippen LogP contribution in [0.2, 0.25) is 0 Å². The molecule has 1 aromatic heterocycles. The molecule has 3 amide bonds. The Morgan fingerprint density at radius 2 is 2.10 bits per heavy atom. The lowest BCUT2D eigenvalue weighted by Gasteiger charge is -2.18. The number of amides is 3. The van der Waals surface area contributed by atoms with Gasteiger partial charge in [0.1, 0.15) is 17.7 Å². The van der Waals surface area contributed by atoms with Crippen LogP contribution in [0.5, 0.6) is 11.6 Å². The molecule has 0 spiro atoms. The number of rotatable bonds is 10. The topological polar surface area (TPSA) is 181 Å². The third-order valence-corrected chi connectivity index (χ3v) is 7.13. The predicted molar refractivity (Wildman–Crippen MR) is 144 cm³/mol. The zero-order valence-electron chi connectivity index (χ0n) is 22.6. The minimum absolute atomic E-state index is 0.118. The number of ether oxygens (including phenoxy) is 3. The van der Waals surface area contributed by atoms with Crippen molar-refractivity contribution in [3.05, 3.63) is 35.3 Å². The van der Waals surface area contributed by atoms with Gasteiger partial charge in [-0.2, -0.15) is 0 Å². The Hall–Kier alpha value is -4.53. The number of carboxylic acid groups (broad SMARTS) is 1. The summed E-state index contributed by atoms with van der Waals surface area (Å²) in [5.41, 5.74) is 1.61. The van der Waals surface area contributed by atoms with E-state index in [2.05, 4.69) is 25.9 Å². The molecule has 14 nitrogen and oxygen atoms in total. The van der Waals surface area contributed by atoms with Crippen molar-refractivity contribution in [1.82, 2.24) is 20.6 Å². The van der Waals surface area contributed by atoms with Gasteiger partial charge in [0.2, 0.25) is 0 Å². The number of benzene rings is 1. The quantitative estimate of drug-likeness (QED) is 0.231. The van der Waals surface area contributed by atoms with Crippen LogP contribution in [-0.2, 0) is 32.0 Å². The number of anilines is 2. The highest BCUT2D eigenvalue weighted by Gasteiger charge is 2.34. The Morgan fingerprint density at radius 3 is 2.88 bits per heavy atom. The van der Waals surface area contributed by atoms with Gasteiger partial charge in [0, 0.05) is 12.1 Å². The number of halogens is 1. The van der Waals surface area contributed by atoms with E-state index < -0.39 is 6.09 Å². The van der Waals surface area contributed by atoms with Crippen LogP contribution in [0.3, 0.4) is 0 Å². The number of carbonyl (C=O) groups is 4. The molecular weight excluding hydrogens is 555 g/mol. The lowest BCUT2D eigenvalue weighted by atomic mass is 10.1. The van der Waals surface area contributed by atoms with Crippen LogP contribution in [0, 0.1) is 11.7 Å². The third kappa shape index (κ3) is 7.21. The molecule has 1 saturated carbocycles. The summed E-state index contributed by atoms with van der Waals surface area (Å²) in [6, 6.07) is 3.44. The number of cyclic esters (lactones) is 1. The fraction of sp³-hybridized carbons (Fsp3) is 0.481. The van der Waals surface area contributed by atoms with E-state index in [-0.39, 0.29) is 72.9 Å². The highest BCUT2D eigenvalue weighted by Crippen LogP contribution is 2.32. The molecule has 2 aliphatic heterocycles. The molecule has 2 atom stereocenters. The van der Waals surface area contributed by atoms with Crippen LogP contribution in [0.25, 0.3) is 0 Å². The standard InChI is InChI=1S/C26H29FN6O6.CH2O2/c27-20-8-18(37-12-22(34)30-16-1-2-16)7-15-5-14(6-19(15)20)9-28-4-3-17-11-33(26(36)39-17)21-10-29-25-24(31-21)32-23(35)13-38-25;2-1-3/h7-8,10,14,16-17,28H,1-6,9,11-13H2,(H,30,34)(H,31,32,35);1H,(H,2,3). The van der Waals surface area contributed by atoms with Crippen molar-refractivity contribution in [2.24, 2.45) is 5.92 Å². The van der Waals surface area contributed by atoms with Crippen LogP contribution in [-0.4, -0.2) is 84.4 Å². The molecule has 4 N–H and O–H groups in total. The number of hydrogen-bond acceptors (Lipinski definition) is 10. The van der Waals surface area contributed by atoms with Crippen LogP contribution < -0.4 is 30.3 Å². The summed E-state index contributed by atoms with van der Waals surface area (Å²) in [5, 5.41) is 15.7. The Labute approximate surface area is 239 Å². The Balaban J connectivity index is 0.00000113. The fourth-order valence-electron chi connectivity index (χ4n) is 5.04. The minimum atomic E-state index is -0.526. The summed E-state index contributed by atoms with van der Waals surface area (Å²) in [6.45, 7) is 1.12. The molecule has 224 valence electrons.